The van der Waals surface area contributed by atoms with Crippen LogP contribution >= 0.6 is 0 Å². The Morgan fingerprint density at radius 3 is 2.61 bits per heavy atom. The number of nitrogens with one attached hydrogen (secondary N) is 2. The molecule has 1 aliphatic heterocycles. The minimum absolute atomic E-state index is 0.0756. The maximum atomic E-state index is 13.4. The predicted molar refractivity (Wildman–Crippen MR) is 118 cm³/mol. The zero-order valence-electron chi connectivity index (χ0n) is 17.5. The van der Waals surface area contributed by atoms with Crippen molar-refractivity contribution in [1.82, 2.24) is 14.8 Å². The average Bonchev–Trinajstić information content (AvgIpc) is 3.20. The van der Waals surface area contributed by atoms with Gasteiger partial charge in [0.25, 0.3) is 5.91 Å². The van der Waals surface area contributed by atoms with E-state index < -0.39 is 6.04 Å². The monoisotopic (exact) mass is 419 g/mol. The molecule has 0 saturated heterocycles. The molecular formula is C23H25N5O3. The van der Waals surface area contributed by atoms with Crippen molar-refractivity contribution < 1.29 is 14.6 Å². The van der Waals surface area contributed by atoms with Crippen LogP contribution in [0.2, 0.25) is 0 Å². The Kier molecular flexibility index (Phi) is 5.99. The summed E-state index contributed by atoms with van der Waals surface area (Å²) in [6.07, 6.45) is 1.14. The number of methoxy groups -OCH3 is 1. The number of nitrogens with zero attached hydrogens (tertiary/aromatic N) is 3. The summed E-state index contributed by atoms with van der Waals surface area (Å²) in [7, 11) is 1.60. The van der Waals surface area contributed by atoms with Crippen molar-refractivity contribution in [1.29, 1.82) is 0 Å². The number of amides is 1. The van der Waals surface area contributed by atoms with Crippen molar-refractivity contribution in [3.8, 4) is 5.75 Å². The zero-order valence-corrected chi connectivity index (χ0v) is 17.5. The molecule has 0 saturated carbocycles. The number of carbonyl (C=O) groups is 1. The molecule has 1 amide bonds. The first kappa shape index (κ1) is 20.6. The second kappa shape index (κ2) is 9.01. The Morgan fingerprint density at radius 2 is 1.94 bits per heavy atom. The SMILES string of the molecule is COc1ccc(NC(=O)C2=C(C)Nc3nc(CCCO)nn3[C@H]2c2ccccc2)cc1. The number of hydrogen-bond acceptors (Lipinski definition) is 6. The van der Waals surface area contributed by atoms with Gasteiger partial charge in [-0.25, -0.2) is 4.68 Å². The molecule has 0 spiro atoms. The molecule has 4 rings (SSSR count). The summed E-state index contributed by atoms with van der Waals surface area (Å²) in [6.45, 7) is 1.94. The van der Waals surface area contributed by atoms with Gasteiger partial charge in [0.2, 0.25) is 5.95 Å². The molecule has 2 heterocycles. The Morgan fingerprint density at radius 1 is 1.19 bits per heavy atom. The van der Waals surface area contributed by atoms with Crippen LogP contribution in [0.15, 0.2) is 65.9 Å². The van der Waals surface area contributed by atoms with Gasteiger partial charge in [-0.1, -0.05) is 30.3 Å². The van der Waals surface area contributed by atoms with Gasteiger partial charge < -0.3 is 20.5 Å². The highest BCUT2D eigenvalue weighted by Gasteiger charge is 2.34. The number of aryl methyl sites for hydroxylation is 1. The molecule has 2 aromatic carbocycles. The fourth-order valence-electron chi connectivity index (χ4n) is 3.65. The molecule has 1 aliphatic rings. The number of aromatic nitrogens is 3. The van der Waals surface area contributed by atoms with Crippen molar-refractivity contribution in [2.45, 2.75) is 25.8 Å². The molecule has 3 aromatic rings. The third-order valence-electron chi connectivity index (χ3n) is 5.16. The van der Waals surface area contributed by atoms with Crippen molar-refractivity contribution in [2.24, 2.45) is 0 Å². The Bertz CT molecular complexity index is 1090. The standard InChI is InChI=1S/C23H25N5O3/c1-15-20(22(30)25-17-10-12-18(31-2)13-11-17)21(16-7-4-3-5-8-16)28-23(24-15)26-19(27-28)9-6-14-29/h3-5,7-8,10-13,21,29H,6,9,14H2,1-2H3,(H,25,30)(H,24,26,27)/t21-/m0/s1. The molecular weight excluding hydrogens is 394 g/mol. The topological polar surface area (TPSA) is 101 Å². The average molecular weight is 419 g/mol. The summed E-state index contributed by atoms with van der Waals surface area (Å²) in [5.74, 6) is 1.71. The zero-order chi connectivity index (χ0) is 21.8. The number of hydrogen-bond donors (Lipinski definition) is 3. The first-order valence-corrected chi connectivity index (χ1v) is 10.1. The smallest absolute Gasteiger partial charge is 0.255 e. The summed E-state index contributed by atoms with van der Waals surface area (Å²) in [4.78, 5) is 17.9. The third kappa shape index (κ3) is 4.29. The maximum Gasteiger partial charge on any atom is 0.255 e. The molecule has 1 atom stereocenters. The van der Waals surface area contributed by atoms with E-state index in [-0.39, 0.29) is 12.5 Å². The Hall–Kier alpha value is -3.65. The molecule has 0 radical (unpaired) electrons. The van der Waals surface area contributed by atoms with E-state index in [0.29, 0.717) is 41.6 Å². The Balaban J connectivity index is 1.70. The number of fused-ring (bicyclic) bond motifs is 1. The molecule has 8 nitrogen and oxygen atoms in total. The van der Waals surface area contributed by atoms with Gasteiger partial charge >= 0.3 is 0 Å². The second-order valence-electron chi connectivity index (χ2n) is 7.28. The quantitative estimate of drug-likeness (QED) is 0.544. The summed E-state index contributed by atoms with van der Waals surface area (Å²) >= 11 is 0. The first-order chi connectivity index (χ1) is 15.1. The second-order valence-corrected chi connectivity index (χ2v) is 7.28. The molecule has 0 bridgehead atoms. The van der Waals surface area contributed by atoms with Gasteiger partial charge in [0.1, 0.15) is 11.8 Å². The number of aliphatic hydroxyl groups is 1. The van der Waals surface area contributed by atoms with Gasteiger partial charge in [0.15, 0.2) is 5.82 Å². The van der Waals surface area contributed by atoms with Gasteiger partial charge in [-0.15, -0.1) is 0 Å². The largest absolute Gasteiger partial charge is 0.497 e. The van der Waals surface area contributed by atoms with Crippen LogP contribution in [0.4, 0.5) is 11.6 Å². The minimum atomic E-state index is -0.425. The van der Waals surface area contributed by atoms with Gasteiger partial charge in [-0.2, -0.15) is 10.1 Å². The van der Waals surface area contributed by atoms with Gasteiger partial charge in [-0.05, 0) is 43.2 Å². The van der Waals surface area contributed by atoms with Crippen LogP contribution in [0.25, 0.3) is 0 Å². The van der Waals surface area contributed by atoms with Crippen LogP contribution in [-0.2, 0) is 11.2 Å². The lowest BCUT2D eigenvalue weighted by Crippen LogP contribution is -2.31. The molecule has 0 aliphatic carbocycles. The number of aliphatic hydroxyl groups excluding tert-OH is 1. The minimum Gasteiger partial charge on any atom is -0.497 e. The number of allylic oxidation sites excluding steroid dienone is 1. The van der Waals surface area contributed by atoms with E-state index >= 15 is 0 Å². The lowest BCUT2D eigenvalue weighted by Gasteiger charge is -2.28. The van der Waals surface area contributed by atoms with E-state index in [1.54, 1.807) is 36.1 Å². The number of anilines is 2. The summed E-state index contributed by atoms with van der Waals surface area (Å²) in [5.41, 5.74) is 2.88. The van der Waals surface area contributed by atoms with E-state index in [9.17, 15) is 4.79 Å². The third-order valence-corrected chi connectivity index (χ3v) is 5.16. The number of ether oxygens (including phenoxy) is 1. The molecule has 31 heavy (non-hydrogen) atoms. The van der Waals surface area contributed by atoms with E-state index in [2.05, 4.69) is 20.7 Å². The number of carbonyl (C=O) groups excluding carboxylic acids is 1. The molecule has 1 aromatic heterocycles. The number of rotatable bonds is 7. The molecule has 160 valence electrons. The highest BCUT2D eigenvalue weighted by Crippen LogP contribution is 2.35. The highest BCUT2D eigenvalue weighted by atomic mass is 16.5. The van der Waals surface area contributed by atoms with Crippen LogP contribution in [0.5, 0.6) is 5.75 Å². The fraction of sp³-hybridized carbons (Fsp3) is 0.261. The van der Waals surface area contributed by atoms with Crippen LogP contribution in [-0.4, -0.2) is 39.5 Å². The number of benzene rings is 2. The maximum absolute atomic E-state index is 13.4. The fourth-order valence-corrected chi connectivity index (χ4v) is 3.65. The van der Waals surface area contributed by atoms with E-state index in [1.807, 2.05) is 37.3 Å². The van der Waals surface area contributed by atoms with Crippen LogP contribution in [0, 0.1) is 0 Å². The van der Waals surface area contributed by atoms with Crippen LogP contribution < -0.4 is 15.4 Å². The van der Waals surface area contributed by atoms with Crippen LogP contribution in [0.3, 0.4) is 0 Å². The Labute approximate surface area is 180 Å². The summed E-state index contributed by atoms with van der Waals surface area (Å²) < 4.78 is 6.93. The molecule has 0 unspecified atom stereocenters. The van der Waals surface area contributed by atoms with Crippen LogP contribution in [0.1, 0.15) is 30.8 Å². The highest BCUT2D eigenvalue weighted by molar-refractivity contribution is 6.06. The summed E-state index contributed by atoms with van der Waals surface area (Å²) in [5, 5.41) is 20.0. The van der Waals surface area contributed by atoms with E-state index in [4.69, 9.17) is 9.84 Å². The predicted octanol–water partition coefficient (Wildman–Crippen LogP) is 3.14. The van der Waals surface area contributed by atoms with Gasteiger partial charge in [0.05, 0.1) is 12.7 Å². The summed E-state index contributed by atoms with van der Waals surface area (Å²) in [6, 6.07) is 16.5. The first-order valence-electron chi connectivity index (χ1n) is 10.1. The normalized spacial score (nSPS) is 15.3. The van der Waals surface area contributed by atoms with Gasteiger partial charge in [0, 0.05) is 24.4 Å². The molecule has 0 fully saturated rings. The molecule has 3 N–H and O–H groups in total. The van der Waals surface area contributed by atoms with Gasteiger partial charge in [-0.3, -0.25) is 4.79 Å². The van der Waals surface area contributed by atoms with Crippen molar-refractivity contribution in [3.63, 3.8) is 0 Å². The van der Waals surface area contributed by atoms with Crippen molar-refractivity contribution in [3.05, 3.63) is 77.3 Å². The van der Waals surface area contributed by atoms with Crippen molar-refractivity contribution >= 4 is 17.5 Å². The van der Waals surface area contributed by atoms with E-state index in [1.165, 1.54) is 0 Å². The van der Waals surface area contributed by atoms with Crippen molar-refractivity contribution in [2.75, 3.05) is 24.4 Å². The molecule has 8 heteroatoms. The lowest BCUT2D eigenvalue weighted by molar-refractivity contribution is -0.113. The lowest BCUT2D eigenvalue weighted by atomic mass is 9.95. The van der Waals surface area contributed by atoms with E-state index in [0.717, 1.165) is 11.3 Å².